The van der Waals surface area contributed by atoms with Gasteiger partial charge in [0.15, 0.2) is 11.5 Å². The number of hydrogen-bond donors (Lipinski definition) is 1. The zero-order valence-corrected chi connectivity index (χ0v) is 15.5. The molecule has 0 bridgehead atoms. The van der Waals surface area contributed by atoms with Crippen molar-refractivity contribution in [2.75, 3.05) is 40.4 Å². The van der Waals surface area contributed by atoms with Crippen LogP contribution in [0, 0.1) is 5.92 Å². The first-order chi connectivity index (χ1) is 12.6. The van der Waals surface area contributed by atoms with Gasteiger partial charge in [-0.05, 0) is 17.7 Å². The molecule has 1 amide bonds. The van der Waals surface area contributed by atoms with Crippen molar-refractivity contribution in [3.05, 3.63) is 42.2 Å². The first kappa shape index (κ1) is 18.3. The molecule has 7 nitrogen and oxygen atoms in total. The van der Waals surface area contributed by atoms with Gasteiger partial charge >= 0.3 is 0 Å². The predicted octanol–water partition coefficient (Wildman–Crippen LogP) is 1.27. The molecule has 3 rings (SSSR count). The maximum atomic E-state index is 12.9. The SMILES string of the molecule is COc1ccccc1OCCN(C)C(=O)[C@H]1CNC[C@@H]1c1cnn(C)c1. The van der Waals surface area contributed by atoms with E-state index < -0.39 is 0 Å². The minimum absolute atomic E-state index is 0.0736. The minimum Gasteiger partial charge on any atom is -0.493 e. The quantitative estimate of drug-likeness (QED) is 0.807. The molecule has 0 unspecified atom stereocenters. The first-order valence-corrected chi connectivity index (χ1v) is 8.80. The maximum absolute atomic E-state index is 12.9. The van der Waals surface area contributed by atoms with Crippen molar-refractivity contribution in [2.45, 2.75) is 5.92 Å². The summed E-state index contributed by atoms with van der Waals surface area (Å²) < 4.78 is 12.8. The number of para-hydroxylation sites is 2. The second kappa shape index (κ2) is 8.23. The molecule has 1 aliphatic rings. The Morgan fingerprint density at radius 2 is 2.12 bits per heavy atom. The third kappa shape index (κ3) is 3.99. The van der Waals surface area contributed by atoms with Crippen LogP contribution in [0.1, 0.15) is 11.5 Å². The van der Waals surface area contributed by atoms with E-state index in [-0.39, 0.29) is 17.7 Å². The van der Waals surface area contributed by atoms with Crippen LogP contribution in [0.5, 0.6) is 11.5 Å². The summed E-state index contributed by atoms with van der Waals surface area (Å²) in [7, 11) is 5.33. The molecular weight excluding hydrogens is 332 g/mol. The van der Waals surface area contributed by atoms with Crippen LogP contribution in [0.25, 0.3) is 0 Å². The number of rotatable bonds is 7. The molecule has 0 aliphatic carbocycles. The third-order valence-electron chi connectivity index (χ3n) is 4.81. The number of amides is 1. The van der Waals surface area contributed by atoms with Crippen LogP contribution < -0.4 is 14.8 Å². The summed E-state index contributed by atoms with van der Waals surface area (Å²) in [6.07, 6.45) is 3.84. The highest BCUT2D eigenvalue weighted by molar-refractivity contribution is 5.80. The zero-order valence-electron chi connectivity index (χ0n) is 15.5. The molecule has 2 heterocycles. The third-order valence-corrected chi connectivity index (χ3v) is 4.81. The number of carbonyl (C=O) groups is 1. The van der Waals surface area contributed by atoms with Crippen molar-refractivity contribution in [1.82, 2.24) is 20.0 Å². The van der Waals surface area contributed by atoms with Crippen LogP contribution in [-0.4, -0.2) is 61.0 Å². The average Bonchev–Trinajstić information content (AvgIpc) is 3.30. The van der Waals surface area contributed by atoms with Crippen molar-refractivity contribution in [3.8, 4) is 11.5 Å². The fraction of sp³-hybridized carbons (Fsp3) is 0.474. The predicted molar refractivity (Wildman–Crippen MR) is 98.4 cm³/mol. The van der Waals surface area contributed by atoms with E-state index in [9.17, 15) is 4.79 Å². The number of carbonyl (C=O) groups excluding carboxylic acids is 1. The number of aromatic nitrogens is 2. The Morgan fingerprint density at radius 1 is 1.35 bits per heavy atom. The van der Waals surface area contributed by atoms with E-state index in [1.807, 2.05) is 50.8 Å². The standard InChI is InChI=1S/C19H26N4O3/c1-22(8-9-26-18-7-5-4-6-17(18)25-3)19(24)16-12-20-11-15(16)14-10-21-23(2)13-14/h4-7,10,13,15-16,20H,8-9,11-12H2,1-3H3/t15-,16+/m1/s1. The largest absolute Gasteiger partial charge is 0.493 e. The van der Waals surface area contributed by atoms with E-state index >= 15 is 0 Å². The normalized spacial score (nSPS) is 19.3. The van der Waals surface area contributed by atoms with Crippen LogP contribution in [-0.2, 0) is 11.8 Å². The lowest BCUT2D eigenvalue weighted by atomic mass is 9.90. The Hall–Kier alpha value is -2.54. The van der Waals surface area contributed by atoms with Gasteiger partial charge in [0.2, 0.25) is 5.91 Å². The number of likely N-dealkylation sites (N-methyl/N-ethyl adjacent to an activating group) is 1. The summed E-state index contributed by atoms with van der Waals surface area (Å²) in [4.78, 5) is 14.6. The number of aryl methyl sites for hydroxylation is 1. The van der Waals surface area contributed by atoms with Gasteiger partial charge in [0.05, 0.1) is 25.8 Å². The number of hydrogen-bond acceptors (Lipinski definition) is 5. The summed E-state index contributed by atoms with van der Waals surface area (Å²) >= 11 is 0. The molecule has 0 saturated carbocycles. The summed E-state index contributed by atoms with van der Waals surface area (Å²) in [6, 6.07) is 7.51. The topological polar surface area (TPSA) is 68.6 Å². The van der Waals surface area contributed by atoms with E-state index in [1.165, 1.54) is 0 Å². The molecule has 1 aliphatic heterocycles. The lowest BCUT2D eigenvalue weighted by molar-refractivity contribution is -0.134. The Morgan fingerprint density at radius 3 is 2.81 bits per heavy atom. The molecule has 140 valence electrons. The summed E-state index contributed by atoms with van der Waals surface area (Å²) in [5.41, 5.74) is 1.11. The Bertz CT molecular complexity index is 746. The van der Waals surface area contributed by atoms with Crippen molar-refractivity contribution in [2.24, 2.45) is 13.0 Å². The Kier molecular flexibility index (Phi) is 5.78. The number of methoxy groups -OCH3 is 1. The zero-order chi connectivity index (χ0) is 18.5. The molecule has 2 aromatic rings. The van der Waals surface area contributed by atoms with Gasteiger partial charge in [-0.25, -0.2) is 0 Å². The molecule has 1 N–H and O–H groups in total. The first-order valence-electron chi connectivity index (χ1n) is 8.80. The monoisotopic (exact) mass is 358 g/mol. The van der Waals surface area contributed by atoms with Crippen molar-refractivity contribution in [3.63, 3.8) is 0 Å². The molecule has 0 spiro atoms. The molecule has 7 heteroatoms. The summed E-state index contributed by atoms with van der Waals surface area (Å²) in [5, 5.41) is 7.56. The number of nitrogens with one attached hydrogen (secondary N) is 1. The highest BCUT2D eigenvalue weighted by Crippen LogP contribution is 2.29. The molecule has 2 atom stereocenters. The van der Waals surface area contributed by atoms with Gasteiger partial charge in [-0.1, -0.05) is 12.1 Å². The minimum atomic E-state index is -0.0736. The van der Waals surface area contributed by atoms with Crippen molar-refractivity contribution < 1.29 is 14.3 Å². The number of ether oxygens (including phenoxy) is 2. The Labute approximate surface area is 153 Å². The molecule has 1 aromatic carbocycles. The second-order valence-electron chi connectivity index (χ2n) is 6.58. The molecule has 26 heavy (non-hydrogen) atoms. The fourth-order valence-electron chi connectivity index (χ4n) is 3.34. The van der Waals surface area contributed by atoms with Gasteiger partial charge in [-0.2, -0.15) is 5.10 Å². The van der Waals surface area contributed by atoms with Gasteiger partial charge in [-0.3, -0.25) is 9.48 Å². The van der Waals surface area contributed by atoms with E-state index in [2.05, 4.69) is 10.4 Å². The highest BCUT2D eigenvalue weighted by Gasteiger charge is 2.36. The Balaban J connectivity index is 1.55. The number of nitrogens with zero attached hydrogens (tertiary/aromatic N) is 3. The van der Waals surface area contributed by atoms with Gasteiger partial charge in [0.25, 0.3) is 0 Å². The fourth-order valence-corrected chi connectivity index (χ4v) is 3.34. The molecule has 0 radical (unpaired) electrons. The van der Waals surface area contributed by atoms with Gasteiger partial charge in [0, 0.05) is 39.3 Å². The average molecular weight is 358 g/mol. The van der Waals surface area contributed by atoms with E-state index in [4.69, 9.17) is 9.47 Å². The van der Waals surface area contributed by atoms with Crippen LogP contribution in [0.3, 0.4) is 0 Å². The van der Waals surface area contributed by atoms with E-state index in [1.54, 1.807) is 16.7 Å². The van der Waals surface area contributed by atoms with Crippen LogP contribution in [0.4, 0.5) is 0 Å². The smallest absolute Gasteiger partial charge is 0.227 e. The molecular formula is C19H26N4O3. The van der Waals surface area contributed by atoms with Crippen LogP contribution in [0.15, 0.2) is 36.7 Å². The lowest BCUT2D eigenvalue weighted by Crippen LogP contribution is -2.38. The summed E-state index contributed by atoms with van der Waals surface area (Å²) in [5.74, 6) is 1.60. The lowest BCUT2D eigenvalue weighted by Gasteiger charge is -2.24. The van der Waals surface area contributed by atoms with Crippen LogP contribution >= 0.6 is 0 Å². The molecule has 1 saturated heterocycles. The van der Waals surface area contributed by atoms with Gasteiger partial charge in [0.1, 0.15) is 6.61 Å². The molecule has 1 fully saturated rings. The maximum Gasteiger partial charge on any atom is 0.227 e. The van der Waals surface area contributed by atoms with Crippen LogP contribution in [0.2, 0.25) is 0 Å². The van der Waals surface area contributed by atoms with Gasteiger partial charge in [-0.15, -0.1) is 0 Å². The van der Waals surface area contributed by atoms with Crippen molar-refractivity contribution >= 4 is 5.91 Å². The molecule has 1 aromatic heterocycles. The van der Waals surface area contributed by atoms with E-state index in [0.29, 0.717) is 31.2 Å². The number of benzene rings is 1. The summed E-state index contributed by atoms with van der Waals surface area (Å²) in [6.45, 7) is 2.43. The van der Waals surface area contributed by atoms with Crippen molar-refractivity contribution in [1.29, 1.82) is 0 Å². The van der Waals surface area contributed by atoms with Gasteiger partial charge < -0.3 is 19.7 Å². The van der Waals surface area contributed by atoms with E-state index in [0.717, 1.165) is 12.1 Å². The second-order valence-corrected chi connectivity index (χ2v) is 6.58. The highest BCUT2D eigenvalue weighted by atomic mass is 16.5.